The molecule has 4 amide bonds. The van der Waals surface area contributed by atoms with Crippen LogP contribution in [0, 0.1) is 6.20 Å². The Morgan fingerprint density at radius 1 is 0.737 bits per heavy atom. The van der Waals surface area contributed by atoms with Crippen molar-refractivity contribution in [1.82, 2.24) is 14.9 Å². The summed E-state index contributed by atoms with van der Waals surface area (Å²) in [7, 11) is 0. The van der Waals surface area contributed by atoms with E-state index in [1.807, 2.05) is 97.1 Å². The molecule has 1 aromatic heterocycles. The molecule has 0 bridgehead atoms. The van der Waals surface area contributed by atoms with Crippen LogP contribution in [0.3, 0.4) is 0 Å². The van der Waals surface area contributed by atoms with Gasteiger partial charge in [-0.3, -0.25) is 25.2 Å². The predicted molar refractivity (Wildman–Crippen MR) is 213 cm³/mol. The minimum atomic E-state index is -0.865. The number of imide groups is 2. The van der Waals surface area contributed by atoms with Crippen LogP contribution in [0.1, 0.15) is 16.7 Å². The molecule has 13 heteroatoms. The molecule has 1 aliphatic rings. The van der Waals surface area contributed by atoms with Crippen molar-refractivity contribution in [1.29, 1.82) is 0 Å². The van der Waals surface area contributed by atoms with E-state index in [2.05, 4.69) is 22.0 Å². The van der Waals surface area contributed by atoms with Gasteiger partial charge in [0.05, 0.1) is 18.0 Å². The van der Waals surface area contributed by atoms with Crippen molar-refractivity contribution in [3.05, 3.63) is 207 Å². The molecule has 278 valence electrons. The minimum Gasteiger partial charge on any atom is -0.870 e. The number of urea groups is 1. The number of H-pyrrole nitrogens is 1. The predicted octanol–water partition coefficient (Wildman–Crippen LogP) is 3.67. The van der Waals surface area contributed by atoms with Gasteiger partial charge in [0.2, 0.25) is 5.69 Å². The molecule has 0 spiro atoms. The zero-order valence-corrected chi connectivity index (χ0v) is 33.7. The fraction of sp³-hybridized carbons (Fsp3) is 0.0227. The fourth-order valence-corrected chi connectivity index (χ4v) is 5.87. The number of hydrogen-bond acceptors (Lipinski definition) is 8. The van der Waals surface area contributed by atoms with Crippen molar-refractivity contribution < 1.29 is 76.1 Å². The number of anilines is 2. The first kappa shape index (κ1) is 42.1. The number of aromatic amines is 1. The normalized spacial score (nSPS) is 13.5. The van der Waals surface area contributed by atoms with E-state index in [-0.39, 0.29) is 68.0 Å². The van der Waals surface area contributed by atoms with E-state index in [4.69, 9.17) is 4.84 Å². The second-order valence-electron chi connectivity index (χ2n) is 12.3. The van der Waals surface area contributed by atoms with Gasteiger partial charge in [0.25, 0.3) is 11.8 Å². The molecule has 0 atom stereocenters. The average Bonchev–Trinajstić information content (AvgIpc) is 3.21. The Balaban J connectivity index is 0.00000310. The molecular weight excluding hydrogens is 750 g/mol. The van der Waals surface area contributed by atoms with Gasteiger partial charge in [0.15, 0.2) is 5.56 Å². The molecule has 5 aromatic carbocycles. The molecule has 1 saturated heterocycles. The first-order valence-corrected chi connectivity index (χ1v) is 17.2. The van der Waals surface area contributed by atoms with E-state index in [0.29, 0.717) is 34.8 Å². The van der Waals surface area contributed by atoms with Crippen molar-refractivity contribution in [3.63, 3.8) is 0 Å². The van der Waals surface area contributed by atoms with Gasteiger partial charge in [-0.05, 0) is 64.2 Å². The number of aromatic nitrogens is 2. The number of amides is 4. The summed E-state index contributed by atoms with van der Waals surface area (Å²) in [4.78, 5) is 75.4. The largest absolute Gasteiger partial charge is 1.00 e. The Hall–Kier alpha value is -6.03. The van der Waals surface area contributed by atoms with Crippen molar-refractivity contribution >= 4 is 40.9 Å². The maximum atomic E-state index is 13.8. The quantitative estimate of drug-likeness (QED) is 0.0446. The van der Waals surface area contributed by atoms with Crippen LogP contribution in [0.25, 0.3) is 28.5 Å². The molecule has 0 unspecified atom stereocenters. The van der Waals surface area contributed by atoms with Crippen molar-refractivity contribution in [3.8, 4) is 16.8 Å². The SMILES string of the molecule is O=C1NC(=O)N(c2cccc(-c3ccccc3)c2)C(=O)C1=CC=C(C=Cc1[c-][nH]c(=O)n(-c2cccc(NOCc3ccccc3)c2)c1=O)c1ccccc1.[K+].[OH-]. The molecule has 1 fully saturated rings. The van der Waals surface area contributed by atoms with Crippen LogP contribution in [-0.4, -0.2) is 32.9 Å². The molecule has 0 aliphatic carbocycles. The molecule has 0 saturated carbocycles. The summed E-state index contributed by atoms with van der Waals surface area (Å²) in [5.74, 6) is -1.65. The molecule has 1 aliphatic heterocycles. The number of carbonyl (C=O) groups excluding carboxylic acids is 3. The number of hydrogen-bond donors (Lipinski definition) is 3. The molecule has 12 nitrogen and oxygen atoms in total. The summed E-state index contributed by atoms with van der Waals surface area (Å²) in [6.45, 7) is 0.298. The van der Waals surface area contributed by atoms with Crippen LogP contribution >= 0.6 is 0 Å². The second-order valence-corrected chi connectivity index (χ2v) is 12.3. The van der Waals surface area contributed by atoms with Crippen LogP contribution in [0.5, 0.6) is 0 Å². The van der Waals surface area contributed by atoms with Crippen molar-refractivity contribution in [2.75, 3.05) is 10.4 Å². The topological polar surface area (TPSA) is 173 Å². The summed E-state index contributed by atoms with van der Waals surface area (Å²) in [5.41, 5.74) is 6.24. The van der Waals surface area contributed by atoms with Gasteiger partial charge >= 0.3 is 57.4 Å². The summed E-state index contributed by atoms with van der Waals surface area (Å²) in [5, 5.41) is 2.26. The third-order valence-corrected chi connectivity index (χ3v) is 8.60. The Kier molecular flexibility index (Phi) is 14.6. The van der Waals surface area contributed by atoms with Crippen LogP contribution in [0.2, 0.25) is 0 Å². The first-order chi connectivity index (χ1) is 26.9. The van der Waals surface area contributed by atoms with Gasteiger partial charge < -0.3 is 24.6 Å². The summed E-state index contributed by atoms with van der Waals surface area (Å²) < 4.78 is 0.982. The Labute approximate surface area is 369 Å². The van der Waals surface area contributed by atoms with Gasteiger partial charge in [-0.25, -0.2) is 9.69 Å². The maximum absolute atomic E-state index is 13.8. The molecule has 7 rings (SSSR count). The van der Waals surface area contributed by atoms with E-state index in [1.54, 1.807) is 54.6 Å². The van der Waals surface area contributed by atoms with Gasteiger partial charge in [-0.1, -0.05) is 133 Å². The molecule has 4 N–H and O–H groups in total. The number of carbonyl (C=O) groups is 3. The van der Waals surface area contributed by atoms with Crippen LogP contribution in [0.4, 0.5) is 16.2 Å². The molecular formula is C44H33KN5O7-. The average molecular weight is 783 g/mol. The summed E-state index contributed by atoms with van der Waals surface area (Å²) in [6.07, 6.45) is 8.61. The van der Waals surface area contributed by atoms with E-state index >= 15 is 0 Å². The number of nitrogens with zero attached hydrogens (tertiary/aromatic N) is 2. The third-order valence-electron chi connectivity index (χ3n) is 8.60. The standard InChI is InChI=1S/C44H32N5O6.K.H2O/c50-40-39(42(52)49(44(54)46-40)37-20-10-18-34(26-37)32-16-8-3-9-17-32)25-24-33(31-14-6-2-7-15-31)22-23-35-28-45-43(53)48(41(35)51)38-21-11-19-36(27-38)47-55-29-30-12-4-1-5-13-30;;/h1-27,47H,29H2,(H,45,53)(H,46,50,54);;1H2/q-1;+1;/p-1. The molecule has 2 heterocycles. The number of allylic oxidation sites excluding steroid dienone is 4. The number of benzene rings is 5. The zero-order valence-electron chi connectivity index (χ0n) is 30.6. The molecule has 57 heavy (non-hydrogen) atoms. The number of nitrogens with one attached hydrogen (secondary N) is 3. The number of rotatable bonds is 11. The smallest absolute Gasteiger partial charge is 0.870 e. The van der Waals surface area contributed by atoms with E-state index in [0.717, 1.165) is 26.2 Å². The second kappa shape index (κ2) is 19.7. The van der Waals surface area contributed by atoms with Crippen LogP contribution in [-0.2, 0) is 21.0 Å². The van der Waals surface area contributed by atoms with Gasteiger partial charge in [-0.2, -0.15) is 0 Å². The minimum absolute atomic E-state index is 0. The van der Waals surface area contributed by atoms with Crippen LogP contribution in [0.15, 0.2) is 173 Å². The van der Waals surface area contributed by atoms with Crippen molar-refractivity contribution in [2.24, 2.45) is 0 Å². The molecule has 0 radical (unpaired) electrons. The van der Waals surface area contributed by atoms with E-state index < -0.39 is 29.1 Å². The van der Waals surface area contributed by atoms with E-state index in [9.17, 15) is 24.0 Å². The molecule has 6 aromatic rings. The van der Waals surface area contributed by atoms with E-state index in [1.165, 1.54) is 12.2 Å². The Morgan fingerprint density at radius 2 is 1.39 bits per heavy atom. The number of barbiturate groups is 1. The summed E-state index contributed by atoms with van der Waals surface area (Å²) in [6, 6.07) is 40.9. The van der Waals surface area contributed by atoms with Gasteiger partial charge in [-0.15, -0.1) is 6.08 Å². The third kappa shape index (κ3) is 10.0. The monoisotopic (exact) mass is 782 g/mol. The van der Waals surface area contributed by atoms with Crippen LogP contribution < -0.4 is 78.3 Å². The Morgan fingerprint density at radius 3 is 2.12 bits per heavy atom. The Bertz CT molecular complexity index is 2600. The summed E-state index contributed by atoms with van der Waals surface area (Å²) >= 11 is 0. The fourth-order valence-electron chi connectivity index (χ4n) is 5.87. The first-order valence-electron chi connectivity index (χ1n) is 17.2. The zero-order chi connectivity index (χ0) is 38.1. The van der Waals surface area contributed by atoms with Gasteiger partial charge in [0, 0.05) is 5.69 Å². The van der Waals surface area contributed by atoms with Gasteiger partial charge in [0.1, 0.15) is 5.57 Å². The maximum Gasteiger partial charge on any atom is 1.00 e. The van der Waals surface area contributed by atoms with Crippen molar-refractivity contribution in [2.45, 2.75) is 6.61 Å².